The molecule has 2 amide bonds. The van der Waals surface area contributed by atoms with Crippen molar-refractivity contribution in [2.24, 2.45) is 0 Å². The van der Waals surface area contributed by atoms with Crippen molar-refractivity contribution in [1.29, 1.82) is 0 Å². The maximum Gasteiger partial charge on any atom is 0.323 e. The number of nitrogens with zero attached hydrogens (tertiary/aromatic N) is 2. The van der Waals surface area contributed by atoms with Crippen molar-refractivity contribution in [3.05, 3.63) is 12.4 Å². The van der Waals surface area contributed by atoms with E-state index in [1.165, 1.54) is 6.20 Å². The van der Waals surface area contributed by atoms with Crippen LogP contribution in [0, 0.1) is 0 Å². The predicted molar refractivity (Wildman–Crippen MR) is 57.3 cm³/mol. The average molecular weight is 226 g/mol. The second-order valence-electron chi connectivity index (χ2n) is 3.50. The molecule has 0 bridgehead atoms. The summed E-state index contributed by atoms with van der Waals surface area (Å²) in [5, 5.41) is 17.0. The van der Waals surface area contributed by atoms with Gasteiger partial charge >= 0.3 is 12.0 Å². The highest BCUT2D eigenvalue weighted by molar-refractivity contribution is 5.90. The molecule has 0 unspecified atom stereocenters. The molecule has 0 saturated heterocycles. The molecule has 0 radical (unpaired) electrons. The van der Waals surface area contributed by atoms with E-state index in [0.29, 0.717) is 5.69 Å². The Kier molecular flexibility index (Phi) is 3.87. The number of hydrogen-bond acceptors (Lipinski definition) is 3. The molecule has 7 heteroatoms. The number of carbonyl (C=O) groups excluding carboxylic acids is 1. The second-order valence-corrected chi connectivity index (χ2v) is 3.50. The van der Waals surface area contributed by atoms with Gasteiger partial charge in [0, 0.05) is 12.2 Å². The van der Waals surface area contributed by atoms with Crippen LogP contribution >= 0.6 is 0 Å². The molecule has 0 fully saturated rings. The highest BCUT2D eigenvalue weighted by atomic mass is 16.4. The molecule has 0 aromatic carbocycles. The number of aliphatic carboxylic acids is 1. The van der Waals surface area contributed by atoms with Gasteiger partial charge in [-0.1, -0.05) is 0 Å². The van der Waals surface area contributed by atoms with Crippen molar-refractivity contribution in [3.63, 3.8) is 0 Å². The van der Waals surface area contributed by atoms with Crippen molar-refractivity contribution < 1.29 is 14.7 Å². The lowest BCUT2D eigenvalue weighted by Crippen LogP contribution is -2.33. The maximum absolute atomic E-state index is 11.2. The van der Waals surface area contributed by atoms with Crippen LogP contribution in [0.4, 0.5) is 10.5 Å². The van der Waals surface area contributed by atoms with E-state index in [1.54, 1.807) is 10.9 Å². The normalized spacial score (nSPS) is 10.2. The monoisotopic (exact) mass is 226 g/mol. The Hall–Kier alpha value is -2.05. The van der Waals surface area contributed by atoms with Gasteiger partial charge in [-0.3, -0.25) is 9.48 Å². The maximum atomic E-state index is 11.2. The number of rotatable bonds is 4. The van der Waals surface area contributed by atoms with Gasteiger partial charge in [-0.15, -0.1) is 0 Å². The summed E-state index contributed by atoms with van der Waals surface area (Å²) in [6, 6.07) is -0.358. The van der Waals surface area contributed by atoms with Crippen LogP contribution in [0.2, 0.25) is 0 Å². The summed E-state index contributed by atoms with van der Waals surface area (Å²) in [7, 11) is 0. The molecule has 3 N–H and O–H groups in total. The summed E-state index contributed by atoms with van der Waals surface area (Å²) in [5.41, 5.74) is 0.525. The first-order valence-electron chi connectivity index (χ1n) is 4.80. The van der Waals surface area contributed by atoms with E-state index in [2.05, 4.69) is 15.7 Å². The lowest BCUT2D eigenvalue weighted by molar-refractivity contribution is -0.135. The fourth-order valence-corrected chi connectivity index (χ4v) is 1.02. The number of aromatic nitrogens is 2. The van der Waals surface area contributed by atoms with Crippen molar-refractivity contribution in [1.82, 2.24) is 15.1 Å². The molecular weight excluding hydrogens is 212 g/mol. The summed E-state index contributed by atoms with van der Waals surface area (Å²) in [4.78, 5) is 21.4. The molecule has 1 rings (SSSR count). The van der Waals surface area contributed by atoms with Gasteiger partial charge in [-0.25, -0.2) is 4.79 Å². The highest BCUT2D eigenvalue weighted by Crippen LogP contribution is 2.09. The number of amides is 2. The zero-order valence-corrected chi connectivity index (χ0v) is 9.10. The Morgan fingerprint density at radius 1 is 1.56 bits per heavy atom. The Balaban J connectivity index is 2.46. The van der Waals surface area contributed by atoms with Gasteiger partial charge in [0.05, 0.1) is 11.9 Å². The molecule has 88 valence electrons. The number of anilines is 1. The summed E-state index contributed by atoms with van der Waals surface area (Å²) in [5.74, 6) is -1.09. The van der Waals surface area contributed by atoms with E-state index in [4.69, 9.17) is 5.11 Å². The van der Waals surface area contributed by atoms with Gasteiger partial charge < -0.3 is 15.7 Å². The van der Waals surface area contributed by atoms with Crippen LogP contribution in [0.3, 0.4) is 0 Å². The quantitative estimate of drug-likeness (QED) is 0.703. The van der Waals surface area contributed by atoms with E-state index < -0.39 is 18.5 Å². The SMILES string of the molecule is CC(C)n1cc(NC(=O)NCC(=O)O)cn1. The number of carbonyl (C=O) groups is 2. The van der Waals surface area contributed by atoms with Crippen molar-refractivity contribution in [2.75, 3.05) is 11.9 Å². The van der Waals surface area contributed by atoms with Gasteiger partial charge in [-0.2, -0.15) is 5.10 Å². The first kappa shape index (κ1) is 12.0. The van der Waals surface area contributed by atoms with E-state index >= 15 is 0 Å². The molecule has 0 atom stereocenters. The largest absolute Gasteiger partial charge is 0.480 e. The minimum absolute atomic E-state index is 0.206. The molecule has 1 heterocycles. The fraction of sp³-hybridized carbons (Fsp3) is 0.444. The number of carboxylic acid groups (broad SMARTS) is 1. The molecule has 1 aromatic heterocycles. The summed E-state index contributed by atoms with van der Waals surface area (Å²) in [6.07, 6.45) is 3.17. The number of nitrogens with one attached hydrogen (secondary N) is 2. The third-order valence-electron chi connectivity index (χ3n) is 1.79. The molecular formula is C9H14N4O3. The van der Waals surface area contributed by atoms with E-state index in [0.717, 1.165) is 0 Å². The second kappa shape index (κ2) is 5.15. The average Bonchev–Trinajstić information content (AvgIpc) is 2.63. The van der Waals surface area contributed by atoms with Crippen LogP contribution in [-0.2, 0) is 4.79 Å². The Morgan fingerprint density at radius 2 is 2.25 bits per heavy atom. The van der Waals surface area contributed by atoms with E-state index in [9.17, 15) is 9.59 Å². The topological polar surface area (TPSA) is 96.2 Å². The molecule has 0 spiro atoms. The molecule has 1 aromatic rings. The number of carboxylic acids is 1. The van der Waals surface area contributed by atoms with Crippen LogP contribution in [0.1, 0.15) is 19.9 Å². The first-order valence-corrected chi connectivity index (χ1v) is 4.80. The van der Waals surface area contributed by atoms with Crippen LogP contribution in [0.15, 0.2) is 12.4 Å². The Morgan fingerprint density at radius 3 is 2.75 bits per heavy atom. The fourth-order valence-electron chi connectivity index (χ4n) is 1.02. The molecule has 16 heavy (non-hydrogen) atoms. The van der Waals surface area contributed by atoms with Gasteiger partial charge in [0.15, 0.2) is 0 Å². The molecule has 0 aliphatic rings. The third kappa shape index (κ3) is 3.60. The summed E-state index contributed by atoms with van der Waals surface area (Å²) < 4.78 is 1.69. The van der Waals surface area contributed by atoms with Crippen LogP contribution in [-0.4, -0.2) is 33.4 Å². The van der Waals surface area contributed by atoms with Gasteiger partial charge in [-0.05, 0) is 13.8 Å². The minimum atomic E-state index is -1.09. The lowest BCUT2D eigenvalue weighted by atomic mass is 10.4. The standard InChI is InChI=1S/C9H14N4O3/c1-6(2)13-5-7(3-11-13)12-9(16)10-4-8(14)15/h3,5-6H,4H2,1-2H3,(H,14,15)(H2,10,12,16). The van der Waals surface area contributed by atoms with Gasteiger partial charge in [0.1, 0.15) is 6.54 Å². The summed E-state index contributed by atoms with van der Waals surface area (Å²) >= 11 is 0. The van der Waals surface area contributed by atoms with Crippen LogP contribution < -0.4 is 10.6 Å². The van der Waals surface area contributed by atoms with E-state index in [1.807, 2.05) is 13.8 Å². The Labute approximate surface area is 92.4 Å². The first-order chi connectivity index (χ1) is 7.49. The van der Waals surface area contributed by atoms with Gasteiger partial charge in [0.2, 0.25) is 0 Å². The molecule has 7 nitrogen and oxygen atoms in total. The van der Waals surface area contributed by atoms with E-state index in [-0.39, 0.29) is 6.04 Å². The minimum Gasteiger partial charge on any atom is -0.480 e. The summed E-state index contributed by atoms with van der Waals surface area (Å²) in [6.45, 7) is 3.51. The lowest BCUT2D eigenvalue weighted by Gasteiger charge is -2.04. The van der Waals surface area contributed by atoms with Crippen molar-refractivity contribution >= 4 is 17.7 Å². The highest BCUT2D eigenvalue weighted by Gasteiger charge is 2.06. The zero-order valence-electron chi connectivity index (χ0n) is 9.10. The zero-order chi connectivity index (χ0) is 12.1. The van der Waals surface area contributed by atoms with Crippen molar-refractivity contribution in [2.45, 2.75) is 19.9 Å². The van der Waals surface area contributed by atoms with Gasteiger partial charge in [0.25, 0.3) is 0 Å². The number of hydrogen-bond donors (Lipinski definition) is 3. The predicted octanol–water partition coefficient (Wildman–Crippen LogP) is 0.670. The number of urea groups is 1. The van der Waals surface area contributed by atoms with Crippen LogP contribution in [0.5, 0.6) is 0 Å². The molecule has 0 saturated carbocycles. The Bertz CT molecular complexity index is 386. The molecule has 0 aliphatic heterocycles. The van der Waals surface area contributed by atoms with Crippen molar-refractivity contribution in [3.8, 4) is 0 Å². The van der Waals surface area contributed by atoms with Crippen LogP contribution in [0.25, 0.3) is 0 Å². The third-order valence-corrected chi connectivity index (χ3v) is 1.79. The smallest absolute Gasteiger partial charge is 0.323 e. The molecule has 0 aliphatic carbocycles.